The van der Waals surface area contributed by atoms with Gasteiger partial charge in [0.1, 0.15) is 17.1 Å². The van der Waals surface area contributed by atoms with Crippen LogP contribution in [-0.4, -0.2) is 12.9 Å². The highest BCUT2D eigenvalue weighted by Crippen LogP contribution is 2.46. The second-order valence-corrected chi connectivity index (χ2v) is 6.38. The van der Waals surface area contributed by atoms with Crippen molar-refractivity contribution in [2.24, 2.45) is 0 Å². The third kappa shape index (κ3) is 1.92. The highest BCUT2D eigenvalue weighted by Gasteiger charge is 2.31. The maximum Gasteiger partial charge on any atom is 0.159 e. The second kappa shape index (κ2) is 5.01. The number of hydrogen-bond acceptors (Lipinski definition) is 3. The molecule has 4 rings (SSSR count). The number of fused-ring (bicyclic) bond motifs is 4. The number of ether oxygens (including phenoxy) is 1. The number of methoxy groups -OCH3 is 1. The monoisotopic (exact) mass is 296 g/mol. The molecule has 114 valence electrons. The van der Waals surface area contributed by atoms with Crippen molar-refractivity contribution < 1.29 is 13.9 Å². The Morgan fingerprint density at radius 3 is 2.86 bits per heavy atom. The van der Waals surface area contributed by atoms with Gasteiger partial charge in [0.25, 0.3) is 0 Å². The number of furan rings is 1. The maximum absolute atomic E-state index is 12.4. The Hall–Kier alpha value is -2.03. The van der Waals surface area contributed by atoms with Crippen LogP contribution in [0.2, 0.25) is 0 Å². The SMILES string of the molecule is COc1ccc2oc3c(c2c1)C1=C(CC[C@H]3C)C(=O)CCC1. The smallest absolute Gasteiger partial charge is 0.159 e. The minimum Gasteiger partial charge on any atom is -0.497 e. The fourth-order valence-corrected chi connectivity index (χ4v) is 3.83. The topological polar surface area (TPSA) is 39.4 Å². The summed E-state index contributed by atoms with van der Waals surface area (Å²) in [5.74, 6) is 2.55. The lowest BCUT2D eigenvalue weighted by Gasteiger charge is -2.17. The summed E-state index contributed by atoms with van der Waals surface area (Å²) >= 11 is 0. The van der Waals surface area contributed by atoms with Gasteiger partial charge in [0.2, 0.25) is 0 Å². The molecule has 3 heteroatoms. The molecule has 0 spiro atoms. The van der Waals surface area contributed by atoms with E-state index in [1.807, 2.05) is 18.2 Å². The van der Waals surface area contributed by atoms with E-state index >= 15 is 0 Å². The molecule has 1 heterocycles. The van der Waals surface area contributed by atoms with Crippen molar-refractivity contribution in [2.45, 2.75) is 44.9 Å². The molecule has 3 nitrogen and oxygen atoms in total. The minimum atomic E-state index is 0.332. The number of benzene rings is 1. The van der Waals surface area contributed by atoms with Gasteiger partial charge in [-0.25, -0.2) is 0 Å². The van der Waals surface area contributed by atoms with Gasteiger partial charge in [0.05, 0.1) is 7.11 Å². The van der Waals surface area contributed by atoms with Gasteiger partial charge in [-0.2, -0.15) is 0 Å². The molecule has 0 saturated carbocycles. The molecule has 0 aliphatic heterocycles. The molecule has 2 aliphatic carbocycles. The summed E-state index contributed by atoms with van der Waals surface area (Å²) in [6, 6.07) is 5.94. The van der Waals surface area contributed by atoms with E-state index in [0.29, 0.717) is 18.1 Å². The van der Waals surface area contributed by atoms with Crippen LogP contribution in [0.4, 0.5) is 0 Å². The average Bonchev–Trinajstić information content (AvgIpc) is 2.84. The first kappa shape index (κ1) is 13.6. The van der Waals surface area contributed by atoms with Crippen molar-refractivity contribution in [3.8, 4) is 5.75 Å². The van der Waals surface area contributed by atoms with E-state index in [0.717, 1.165) is 53.7 Å². The van der Waals surface area contributed by atoms with Gasteiger partial charge >= 0.3 is 0 Å². The molecule has 2 aliphatic rings. The van der Waals surface area contributed by atoms with Gasteiger partial charge < -0.3 is 9.15 Å². The molecule has 0 fully saturated rings. The van der Waals surface area contributed by atoms with E-state index in [1.165, 1.54) is 11.1 Å². The Kier molecular flexibility index (Phi) is 3.10. The van der Waals surface area contributed by atoms with Crippen LogP contribution < -0.4 is 4.74 Å². The number of hydrogen-bond donors (Lipinski definition) is 0. The zero-order valence-electron chi connectivity index (χ0n) is 13.1. The van der Waals surface area contributed by atoms with Crippen LogP contribution in [0.25, 0.3) is 16.5 Å². The summed E-state index contributed by atoms with van der Waals surface area (Å²) in [5, 5.41) is 1.09. The van der Waals surface area contributed by atoms with Crippen molar-refractivity contribution in [3.63, 3.8) is 0 Å². The molecule has 0 N–H and O–H groups in total. The van der Waals surface area contributed by atoms with Crippen molar-refractivity contribution in [1.82, 2.24) is 0 Å². The zero-order chi connectivity index (χ0) is 15.3. The number of allylic oxidation sites excluding steroid dienone is 2. The Labute approximate surface area is 129 Å². The summed E-state index contributed by atoms with van der Waals surface area (Å²) in [6.45, 7) is 2.20. The van der Waals surface area contributed by atoms with Gasteiger partial charge in [0, 0.05) is 23.3 Å². The Balaban J connectivity index is 2.04. The highest BCUT2D eigenvalue weighted by molar-refractivity contribution is 6.07. The Morgan fingerprint density at radius 2 is 2.05 bits per heavy atom. The molecule has 0 amide bonds. The lowest BCUT2D eigenvalue weighted by Crippen LogP contribution is -2.10. The highest BCUT2D eigenvalue weighted by atomic mass is 16.5. The van der Waals surface area contributed by atoms with Gasteiger partial charge in [-0.3, -0.25) is 4.79 Å². The maximum atomic E-state index is 12.4. The number of Topliss-reactive ketones (excluding diaryl/α,β-unsaturated/α-hetero) is 1. The quantitative estimate of drug-likeness (QED) is 0.755. The van der Waals surface area contributed by atoms with Crippen LogP contribution in [0.3, 0.4) is 0 Å². The molecule has 0 bridgehead atoms. The molecule has 0 unspecified atom stereocenters. The molecule has 0 saturated heterocycles. The van der Waals surface area contributed by atoms with Gasteiger partial charge in [-0.1, -0.05) is 6.92 Å². The minimum absolute atomic E-state index is 0.332. The average molecular weight is 296 g/mol. The molecular weight excluding hydrogens is 276 g/mol. The third-order valence-corrected chi connectivity index (χ3v) is 5.03. The second-order valence-electron chi connectivity index (χ2n) is 6.38. The largest absolute Gasteiger partial charge is 0.497 e. The van der Waals surface area contributed by atoms with Gasteiger partial charge in [0.15, 0.2) is 5.78 Å². The summed E-state index contributed by atoms with van der Waals surface area (Å²) in [5.41, 5.74) is 4.33. The van der Waals surface area contributed by atoms with Crippen LogP contribution >= 0.6 is 0 Å². The summed E-state index contributed by atoms with van der Waals surface area (Å²) < 4.78 is 11.5. The standard InChI is InChI=1S/C19H20O3/c1-11-6-8-13-14(4-3-5-16(13)20)18-15-10-12(21-2)7-9-17(15)22-19(11)18/h7,9-11H,3-6,8H2,1-2H3/t11-/m1/s1. The molecule has 2 aromatic rings. The molecule has 1 atom stereocenters. The van der Waals surface area contributed by atoms with Crippen LogP contribution in [0.15, 0.2) is 28.2 Å². The number of ketones is 1. The van der Waals surface area contributed by atoms with Crippen LogP contribution in [0.1, 0.15) is 56.3 Å². The fourth-order valence-electron chi connectivity index (χ4n) is 3.83. The number of carbonyl (C=O) groups excluding carboxylic acids is 1. The van der Waals surface area contributed by atoms with E-state index in [4.69, 9.17) is 9.15 Å². The predicted octanol–water partition coefficient (Wildman–Crippen LogP) is 4.85. The molecule has 0 radical (unpaired) electrons. The first-order chi connectivity index (χ1) is 10.7. The van der Waals surface area contributed by atoms with Crippen LogP contribution in [0, 0.1) is 0 Å². The fraction of sp³-hybridized carbons (Fsp3) is 0.421. The summed E-state index contributed by atoms with van der Waals surface area (Å²) in [6.07, 6.45) is 4.48. The number of carbonyl (C=O) groups is 1. The molecule has 1 aromatic heterocycles. The Bertz CT molecular complexity index is 794. The number of rotatable bonds is 1. The van der Waals surface area contributed by atoms with Crippen molar-refractivity contribution in [1.29, 1.82) is 0 Å². The first-order valence-corrected chi connectivity index (χ1v) is 8.05. The van der Waals surface area contributed by atoms with E-state index < -0.39 is 0 Å². The van der Waals surface area contributed by atoms with Crippen LogP contribution in [-0.2, 0) is 4.79 Å². The van der Waals surface area contributed by atoms with E-state index in [9.17, 15) is 4.79 Å². The lowest BCUT2D eigenvalue weighted by molar-refractivity contribution is -0.116. The van der Waals surface area contributed by atoms with Gasteiger partial charge in [-0.05, 0) is 55.0 Å². The third-order valence-electron chi connectivity index (χ3n) is 5.03. The van der Waals surface area contributed by atoms with Crippen molar-refractivity contribution in [2.75, 3.05) is 7.11 Å². The normalized spacial score (nSPS) is 21.5. The lowest BCUT2D eigenvalue weighted by atomic mass is 9.85. The molecule has 22 heavy (non-hydrogen) atoms. The summed E-state index contributed by atoms with van der Waals surface area (Å²) in [7, 11) is 1.68. The van der Waals surface area contributed by atoms with Crippen molar-refractivity contribution >= 4 is 22.3 Å². The first-order valence-electron chi connectivity index (χ1n) is 8.05. The van der Waals surface area contributed by atoms with Gasteiger partial charge in [-0.15, -0.1) is 0 Å². The zero-order valence-corrected chi connectivity index (χ0v) is 13.1. The van der Waals surface area contributed by atoms with E-state index in [2.05, 4.69) is 6.92 Å². The Morgan fingerprint density at radius 1 is 1.18 bits per heavy atom. The molecular formula is C19H20O3. The molecule has 1 aromatic carbocycles. The van der Waals surface area contributed by atoms with E-state index in [-0.39, 0.29) is 0 Å². The van der Waals surface area contributed by atoms with Crippen LogP contribution in [0.5, 0.6) is 5.75 Å². The predicted molar refractivity (Wildman–Crippen MR) is 86.2 cm³/mol. The van der Waals surface area contributed by atoms with Crippen molar-refractivity contribution in [3.05, 3.63) is 35.1 Å². The summed E-state index contributed by atoms with van der Waals surface area (Å²) in [4.78, 5) is 12.4. The van der Waals surface area contributed by atoms with E-state index in [1.54, 1.807) is 7.11 Å².